The summed E-state index contributed by atoms with van der Waals surface area (Å²) in [6.45, 7) is 5.44. The van der Waals surface area contributed by atoms with Gasteiger partial charge < -0.3 is 30.6 Å². The maximum atomic E-state index is 13.8. The van der Waals surface area contributed by atoms with Crippen LogP contribution in [0, 0.1) is 11.2 Å². The molecule has 0 bridgehead atoms. The fraction of sp³-hybridized carbons (Fsp3) is 0.333. The molecule has 12 heteroatoms. The lowest BCUT2D eigenvalue weighted by atomic mass is 10.0. The Bertz CT molecular complexity index is 1220. The van der Waals surface area contributed by atoms with E-state index in [4.69, 9.17) is 20.8 Å². The van der Waals surface area contributed by atoms with Crippen molar-refractivity contribution in [1.82, 2.24) is 15.4 Å². The molecule has 2 aromatic carbocycles. The van der Waals surface area contributed by atoms with Gasteiger partial charge >= 0.3 is 0 Å². The molecule has 2 aromatic rings. The number of carbonyl (C=O) groups is 1. The minimum Gasteiger partial charge on any atom is -0.494 e. The van der Waals surface area contributed by atoms with Crippen molar-refractivity contribution in [3.63, 3.8) is 0 Å². The molecule has 1 fully saturated rings. The van der Waals surface area contributed by atoms with Gasteiger partial charge in [-0.1, -0.05) is 18.7 Å². The van der Waals surface area contributed by atoms with Crippen LogP contribution in [0.1, 0.15) is 18.0 Å². The highest BCUT2D eigenvalue weighted by molar-refractivity contribution is 6.05. The van der Waals surface area contributed by atoms with Gasteiger partial charge in [0.1, 0.15) is 23.2 Å². The van der Waals surface area contributed by atoms with Crippen LogP contribution < -0.4 is 31.5 Å². The lowest BCUT2D eigenvalue weighted by Crippen LogP contribution is -2.35. The highest BCUT2D eigenvalue weighted by atomic mass is 19.1. The molecule has 210 valence electrons. The molecule has 0 saturated carbocycles. The summed E-state index contributed by atoms with van der Waals surface area (Å²) in [6, 6.07) is 9.48. The van der Waals surface area contributed by atoms with Crippen LogP contribution in [-0.4, -0.2) is 69.7 Å². The van der Waals surface area contributed by atoms with Crippen molar-refractivity contribution in [1.29, 1.82) is 5.41 Å². The van der Waals surface area contributed by atoms with Gasteiger partial charge in [-0.2, -0.15) is 0 Å². The normalized spacial score (nSPS) is 15.2. The monoisotopic (exact) mass is 540 g/mol. The Morgan fingerprint density at radius 1 is 1.26 bits per heavy atom. The number of hydrazine groups is 1. The van der Waals surface area contributed by atoms with E-state index in [0.29, 0.717) is 42.5 Å². The summed E-state index contributed by atoms with van der Waals surface area (Å²) in [6.07, 6.45) is 3.26. The van der Waals surface area contributed by atoms with Gasteiger partial charge in [-0.25, -0.2) is 15.3 Å². The number of nitrogens with one attached hydrogen (secondary N) is 4. The molecule has 0 aliphatic carbocycles. The number of hydrogen-bond donors (Lipinski definition) is 5. The number of benzene rings is 2. The van der Waals surface area contributed by atoms with Crippen molar-refractivity contribution < 1.29 is 18.8 Å². The molecule has 0 radical (unpaired) electrons. The molecule has 1 amide bonds. The van der Waals surface area contributed by atoms with Gasteiger partial charge in [-0.05, 0) is 43.9 Å². The highest BCUT2D eigenvalue weighted by Gasteiger charge is 2.30. The van der Waals surface area contributed by atoms with E-state index < -0.39 is 0 Å². The lowest BCUT2D eigenvalue weighted by molar-refractivity contribution is -0.111. The van der Waals surface area contributed by atoms with Gasteiger partial charge in [0.15, 0.2) is 0 Å². The third-order valence-electron chi connectivity index (χ3n) is 6.13. The number of amidine groups is 1. The van der Waals surface area contributed by atoms with Crippen molar-refractivity contribution in [2.75, 3.05) is 63.5 Å². The van der Waals surface area contributed by atoms with Crippen LogP contribution >= 0.6 is 0 Å². The SMILES string of the molecule is C=CC(=O)Nc1cc(NC(=N)/C=C(\NN)N2OCC[C@@H]2c2cccc(F)c2)c(OC)cc1N(C)CCN(C)C. The van der Waals surface area contributed by atoms with E-state index in [-0.39, 0.29) is 23.6 Å². The van der Waals surface area contributed by atoms with E-state index in [1.807, 2.05) is 32.1 Å². The maximum absolute atomic E-state index is 13.8. The Morgan fingerprint density at radius 2 is 2.03 bits per heavy atom. The van der Waals surface area contributed by atoms with Crippen LogP contribution in [0.5, 0.6) is 5.75 Å². The summed E-state index contributed by atoms with van der Waals surface area (Å²) in [7, 11) is 7.42. The minimum atomic E-state index is -0.368. The molecule has 1 atom stereocenters. The summed E-state index contributed by atoms with van der Waals surface area (Å²) >= 11 is 0. The second-order valence-electron chi connectivity index (χ2n) is 9.22. The maximum Gasteiger partial charge on any atom is 0.247 e. The van der Waals surface area contributed by atoms with Crippen molar-refractivity contribution in [2.45, 2.75) is 12.5 Å². The van der Waals surface area contributed by atoms with E-state index >= 15 is 0 Å². The largest absolute Gasteiger partial charge is 0.494 e. The molecular formula is C27H37FN8O3. The summed E-state index contributed by atoms with van der Waals surface area (Å²) < 4.78 is 19.4. The van der Waals surface area contributed by atoms with Crippen LogP contribution in [-0.2, 0) is 9.63 Å². The molecule has 1 aliphatic heterocycles. The first-order valence-corrected chi connectivity index (χ1v) is 12.4. The molecule has 1 aliphatic rings. The topological polar surface area (TPSA) is 131 Å². The number of nitrogens with zero attached hydrogens (tertiary/aromatic N) is 3. The molecule has 11 nitrogen and oxygen atoms in total. The zero-order valence-corrected chi connectivity index (χ0v) is 22.8. The first-order chi connectivity index (χ1) is 18.7. The van der Waals surface area contributed by atoms with E-state index in [9.17, 15) is 9.18 Å². The third-order valence-corrected chi connectivity index (χ3v) is 6.13. The number of ether oxygens (including phenoxy) is 1. The second kappa shape index (κ2) is 13.6. The summed E-state index contributed by atoms with van der Waals surface area (Å²) in [5.41, 5.74) is 5.01. The minimum absolute atomic E-state index is 0.0375. The molecule has 0 aromatic heterocycles. The molecule has 6 N–H and O–H groups in total. The van der Waals surface area contributed by atoms with Gasteiger partial charge in [-0.15, -0.1) is 0 Å². The third kappa shape index (κ3) is 7.69. The Morgan fingerprint density at radius 3 is 2.67 bits per heavy atom. The zero-order chi connectivity index (χ0) is 28.5. The number of halogens is 1. The van der Waals surface area contributed by atoms with Crippen molar-refractivity contribution >= 4 is 28.8 Å². The van der Waals surface area contributed by atoms with E-state index in [1.165, 1.54) is 36.5 Å². The number of anilines is 3. The van der Waals surface area contributed by atoms with Gasteiger partial charge in [0, 0.05) is 38.7 Å². The predicted octanol–water partition coefficient (Wildman–Crippen LogP) is 3.03. The van der Waals surface area contributed by atoms with Gasteiger partial charge in [-0.3, -0.25) is 15.0 Å². The van der Waals surface area contributed by atoms with Gasteiger partial charge in [0.05, 0.1) is 36.8 Å². The molecule has 1 heterocycles. The van der Waals surface area contributed by atoms with Crippen LogP contribution in [0.15, 0.2) is 61.0 Å². The average molecular weight is 541 g/mol. The zero-order valence-electron chi connectivity index (χ0n) is 22.8. The molecule has 0 spiro atoms. The van der Waals surface area contributed by atoms with Crippen molar-refractivity contribution in [3.8, 4) is 5.75 Å². The van der Waals surface area contributed by atoms with Crippen LogP contribution in [0.25, 0.3) is 0 Å². The molecular weight excluding hydrogens is 503 g/mol. The van der Waals surface area contributed by atoms with Crippen molar-refractivity contribution in [3.05, 3.63) is 72.3 Å². The molecule has 1 saturated heterocycles. The van der Waals surface area contributed by atoms with Crippen LogP contribution in [0.4, 0.5) is 21.5 Å². The number of hydrogen-bond acceptors (Lipinski definition) is 9. The number of carbonyl (C=O) groups excluding carboxylic acids is 1. The summed E-state index contributed by atoms with van der Waals surface area (Å²) in [4.78, 5) is 22.0. The Labute approximate surface area is 228 Å². The fourth-order valence-electron chi connectivity index (χ4n) is 4.12. The first-order valence-electron chi connectivity index (χ1n) is 12.4. The number of likely N-dealkylation sites (N-methyl/N-ethyl adjacent to an activating group) is 2. The van der Waals surface area contributed by atoms with Gasteiger partial charge in [0.2, 0.25) is 5.91 Å². The lowest BCUT2D eigenvalue weighted by Gasteiger charge is -2.27. The second-order valence-corrected chi connectivity index (χ2v) is 9.22. The number of rotatable bonds is 12. The smallest absolute Gasteiger partial charge is 0.247 e. The fourth-order valence-corrected chi connectivity index (χ4v) is 4.12. The number of amides is 1. The van der Waals surface area contributed by atoms with Crippen LogP contribution in [0.2, 0.25) is 0 Å². The number of hydroxylamine groups is 2. The molecule has 39 heavy (non-hydrogen) atoms. The van der Waals surface area contributed by atoms with Crippen LogP contribution in [0.3, 0.4) is 0 Å². The molecule has 3 rings (SSSR count). The predicted molar refractivity (Wildman–Crippen MR) is 152 cm³/mol. The quantitative estimate of drug-likeness (QED) is 0.0906. The van der Waals surface area contributed by atoms with E-state index in [1.54, 1.807) is 18.2 Å². The average Bonchev–Trinajstić information content (AvgIpc) is 3.40. The number of nitrogens with two attached hydrogens (primary N) is 1. The standard InChI is InChI=1S/C27H37FN8O3/c1-6-27(37)32-20-15-21(24(38-5)16-23(20)35(4)12-11-34(2)3)31-25(29)17-26(33-30)36-22(10-13-39-36)18-8-7-9-19(28)14-18/h6-9,14-17,22,33H,1,10-13,30H2,2-5H3,(H2,29,31)(H,32,37)/b26-17+/t22-/m1/s1. The highest BCUT2D eigenvalue weighted by Crippen LogP contribution is 2.37. The summed E-state index contributed by atoms with van der Waals surface area (Å²) in [5, 5.41) is 16.0. The summed E-state index contributed by atoms with van der Waals surface area (Å²) in [5.74, 6) is 5.81. The first kappa shape index (κ1) is 29.4. The molecule has 0 unspecified atom stereocenters. The number of methoxy groups -OCH3 is 1. The van der Waals surface area contributed by atoms with Crippen molar-refractivity contribution in [2.24, 2.45) is 5.84 Å². The Balaban J connectivity index is 1.89. The van der Waals surface area contributed by atoms with Gasteiger partial charge in [0.25, 0.3) is 0 Å². The van der Waals surface area contributed by atoms with E-state index in [2.05, 4.69) is 27.5 Å². The Kier molecular flexibility index (Phi) is 10.3. The Hall–Kier alpha value is -4.13. The van der Waals surface area contributed by atoms with E-state index in [0.717, 1.165) is 17.8 Å².